The van der Waals surface area contributed by atoms with Crippen LogP contribution < -0.4 is 5.32 Å². The van der Waals surface area contributed by atoms with Gasteiger partial charge in [-0.15, -0.1) is 0 Å². The molecule has 1 aromatic rings. The second kappa shape index (κ2) is 6.55. The minimum Gasteiger partial charge on any atom is -0.314 e. The van der Waals surface area contributed by atoms with Crippen LogP contribution in [0.15, 0.2) is 24.3 Å². The summed E-state index contributed by atoms with van der Waals surface area (Å²) in [6, 6.07) is 8.82. The lowest BCUT2D eigenvalue weighted by Gasteiger charge is -2.37. The molecule has 0 radical (unpaired) electrons. The largest absolute Gasteiger partial charge is 0.314 e. The summed E-state index contributed by atoms with van der Waals surface area (Å²) < 4.78 is 0. The van der Waals surface area contributed by atoms with Crippen molar-refractivity contribution in [3.63, 3.8) is 0 Å². The van der Waals surface area contributed by atoms with Gasteiger partial charge in [0.25, 0.3) is 0 Å². The third-order valence-electron chi connectivity index (χ3n) is 3.78. The van der Waals surface area contributed by atoms with Crippen molar-refractivity contribution in [3.05, 3.63) is 34.9 Å². The number of nitrogens with one attached hydrogen (secondary N) is 1. The van der Waals surface area contributed by atoms with Crippen LogP contribution in [0.1, 0.15) is 19.4 Å². The van der Waals surface area contributed by atoms with Crippen molar-refractivity contribution in [2.24, 2.45) is 5.92 Å². The fourth-order valence-corrected chi connectivity index (χ4v) is 2.90. The van der Waals surface area contributed by atoms with Gasteiger partial charge in [-0.05, 0) is 24.0 Å². The minimum atomic E-state index is 0.590. The molecule has 0 saturated carbocycles. The second-order valence-corrected chi connectivity index (χ2v) is 5.80. The summed E-state index contributed by atoms with van der Waals surface area (Å²) in [6.07, 6.45) is 1.05. The van der Waals surface area contributed by atoms with Crippen LogP contribution in [0, 0.1) is 5.92 Å². The minimum absolute atomic E-state index is 0.590. The van der Waals surface area contributed by atoms with Crippen LogP contribution >= 0.6 is 11.6 Å². The van der Waals surface area contributed by atoms with E-state index in [-0.39, 0.29) is 0 Å². The Hall–Kier alpha value is -0.570. The number of piperazine rings is 1. The first-order valence-electron chi connectivity index (χ1n) is 6.86. The van der Waals surface area contributed by atoms with Crippen LogP contribution in [-0.2, 0) is 6.42 Å². The van der Waals surface area contributed by atoms with E-state index in [1.54, 1.807) is 0 Å². The zero-order valence-electron chi connectivity index (χ0n) is 11.3. The molecule has 1 heterocycles. The van der Waals surface area contributed by atoms with Gasteiger partial charge in [0.15, 0.2) is 0 Å². The molecule has 2 nitrogen and oxygen atoms in total. The van der Waals surface area contributed by atoms with E-state index in [1.807, 2.05) is 12.1 Å². The summed E-state index contributed by atoms with van der Waals surface area (Å²) in [5.74, 6) is 0.652. The number of hydrogen-bond donors (Lipinski definition) is 1. The average Bonchev–Trinajstić information content (AvgIpc) is 2.38. The van der Waals surface area contributed by atoms with Gasteiger partial charge in [0.1, 0.15) is 0 Å². The molecule has 0 amide bonds. The van der Waals surface area contributed by atoms with Gasteiger partial charge in [-0.2, -0.15) is 0 Å². The highest BCUT2D eigenvalue weighted by Gasteiger charge is 2.24. The lowest BCUT2D eigenvalue weighted by molar-refractivity contribution is 0.136. The van der Waals surface area contributed by atoms with Gasteiger partial charge in [-0.3, -0.25) is 4.90 Å². The van der Waals surface area contributed by atoms with E-state index in [2.05, 4.69) is 36.2 Å². The molecule has 3 heteroatoms. The van der Waals surface area contributed by atoms with Crippen molar-refractivity contribution in [1.29, 1.82) is 0 Å². The Labute approximate surface area is 115 Å². The summed E-state index contributed by atoms with van der Waals surface area (Å²) in [6.45, 7) is 9.12. The maximum atomic E-state index is 6.28. The summed E-state index contributed by atoms with van der Waals surface area (Å²) in [5, 5.41) is 4.32. The molecule has 18 heavy (non-hydrogen) atoms. The second-order valence-electron chi connectivity index (χ2n) is 5.39. The van der Waals surface area contributed by atoms with Crippen LogP contribution in [-0.4, -0.2) is 37.1 Å². The van der Waals surface area contributed by atoms with Gasteiger partial charge in [0, 0.05) is 37.2 Å². The van der Waals surface area contributed by atoms with E-state index in [0.717, 1.165) is 37.6 Å². The van der Waals surface area contributed by atoms with Crippen LogP contribution in [0.5, 0.6) is 0 Å². The SMILES string of the molecule is CC(C)C(Cc1ccccc1Cl)N1CCNCC1. The van der Waals surface area contributed by atoms with Crippen molar-refractivity contribution in [2.45, 2.75) is 26.3 Å². The molecule has 1 fully saturated rings. The number of benzene rings is 1. The normalized spacial score (nSPS) is 19.1. The van der Waals surface area contributed by atoms with Crippen LogP contribution in [0.4, 0.5) is 0 Å². The van der Waals surface area contributed by atoms with Crippen molar-refractivity contribution < 1.29 is 0 Å². The Morgan fingerprint density at radius 2 is 1.89 bits per heavy atom. The van der Waals surface area contributed by atoms with E-state index >= 15 is 0 Å². The third kappa shape index (κ3) is 3.47. The number of hydrogen-bond acceptors (Lipinski definition) is 2. The number of halogens is 1. The fourth-order valence-electron chi connectivity index (χ4n) is 2.69. The molecule has 1 aromatic carbocycles. The maximum Gasteiger partial charge on any atom is 0.0438 e. The van der Waals surface area contributed by atoms with Crippen molar-refractivity contribution >= 4 is 11.6 Å². The first kappa shape index (κ1) is 13.9. The summed E-state index contributed by atoms with van der Waals surface area (Å²) in [5.41, 5.74) is 1.27. The highest BCUT2D eigenvalue weighted by atomic mass is 35.5. The molecule has 1 atom stereocenters. The van der Waals surface area contributed by atoms with E-state index < -0.39 is 0 Å². The van der Waals surface area contributed by atoms with E-state index in [1.165, 1.54) is 5.56 Å². The van der Waals surface area contributed by atoms with Gasteiger partial charge in [0.2, 0.25) is 0 Å². The Balaban J connectivity index is 2.08. The summed E-state index contributed by atoms with van der Waals surface area (Å²) >= 11 is 6.28. The molecule has 100 valence electrons. The predicted molar refractivity (Wildman–Crippen MR) is 78.2 cm³/mol. The summed E-state index contributed by atoms with van der Waals surface area (Å²) in [4.78, 5) is 2.60. The lowest BCUT2D eigenvalue weighted by atomic mass is 9.94. The van der Waals surface area contributed by atoms with Gasteiger partial charge >= 0.3 is 0 Å². The molecular formula is C15H23ClN2. The number of nitrogens with zero attached hydrogens (tertiary/aromatic N) is 1. The van der Waals surface area contributed by atoms with Crippen LogP contribution in [0.2, 0.25) is 5.02 Å². The summed E-state index contributed by atoms with van der Waals surface area (Å²) in [7, 11) is 0. The Kier molecular flexibility index (Phi) is 5.04. The van der Waals surface area contributed by atoms with Gasteiger partial charge < -0.3 is 5.32 Å². The molecule has 1 saturated heterocycles. The van der Waals surface area contributed by atoms with E-state index in [9.17, 15) is 0 Å². The molecular weight excluding hydrogens is 244 g/mol. The molecule has 0 aliphatic carbocycles. The molecule has 0 aromatic heterocycles. The number of rotatable bonds is 4. The molecule has 1 unspecified atom stereocenters. The highest BCUT2D eigenvalue weighted by Crippen LogP contribution is 2.22. The van der Waals surface area contributed by atoms with Crippen molar-refractivity contribution in [1.82, 2.24) is 10.2 Å². The maximum absolute atomic E-state index is 6.28. The average molecular weight is 267 g/mol. The molecule has 1 N–H and O–H groups in total. The smallest absolute Gasteiger partial charge is 0.0438 e. The molecule has 0 bridgehead atoms. The Bertz CT molecular complexity index is 373. The third-order valence-corrected chi connectivity index (χ3v) is 4.15. The molecule has 1 aliphatic heterocycles. The van der Waals surface area contributed by atoms with Gasteiger partial charge in [-0.1, -0.05) is 43.6 Å². The van der Waals surface area contributed by atoms with E-state index in [0.29, 0.717) is 12.0 Å². The van der Waals surface area contributed by atoms with Crippen molar-refractivity contribution in [2.75, 3.05) is 26.2 Å². The highest BCUT2D eigenvalue weighted by molar-refractivity contribution is 6.31. The monoisotopic (exact) mass is 266 g/mol. The fraction of sp³-hybridized carbons (Fsp3) is 0.600. The first-order chi connectivity index (χ1) is 8.68. The Morgan fingerprint density at radius 1 is 1.22 bits per heavy atom. The molecule has 1 aliphatic rings. The molecule has 2 rings (SSSR count). The van der Waals surface area contributed by atoms with Crippen LogP contribution in [0.25, 0.3) is 0 Å². The first-order valence-corrected chi connectivity index (χ1v) is 7.24. The standard InChI is InChI=1S/C15H23ClN2/c1-12(2)15(18-9-7-17-8-10-18)11-13-5-3-4-6-14(13)16/h3-6,12,15,17H,7-11H2,1-2H3. The molecule has 0 spiro atoms. The van der Waals surface area contributed by atoms with Crippen molar-refractivity contribution in [3.8, 4) is 0 Å². The lowest BCUT2D eigenvalue weighted by Crippen LogP contribution is -2.50. The predicted octanol–water partition coefficient (Wildman–Crippen LogP) is 2.81. The van der Waals surface area contributed by atoms with E-state index in [4.69, 9.17) is 11.6 Å². The van der Waals surface area contributed by atoms with Gasteiger partial charge in [0.05, 0.1) is 0 Å². The van der Waals surface area contributed by atoms with Crippen LogP contribution in [0.3, 0.4) is 0 Å². The topological polar surface area (TPSA) is 15.3 Å². The quantitative estimate of drug-likeness (QED) is 0.902. The Morgan fingerprint density at radius 3 is 2.50 bits per heavy atom. The zero-order valence-corrected chi connectivity index (χ0v) is 12.1. The zero-order chi connectivity index (χ0) is 13.0. The van der Waals surface area contributed by atoms with Gasteiger partial charge in [-0.25, -0.2) is 0 Å².